The van der Waals surface area contributed by atoms with Gasteiger partial charge in [-0.05, 0) is 25.5 Å². The summed E-state index contributed by atoms with van der Waals surface area (Å²) in [7, 11) is -3.04. The molecule has 4 heteroatoms. The standard InChI is InChI=1S/C14H23NO2S/c1-4-11-18(16,17)12(3)14(15-5-2)13-9-7-6-8-10-13/h6-10,12,14-15H,4-5,11H2,1-3H3. The fraction of sp³-hybridized carbons (Fsp3) is 0.571. The highest BCUT2D eigenvalue weighted by atomic mass is 32.2. The Labute approximate surface area is 111 Å². The fourth-order valence-electron chi connectivity index (χ4n) is 2.11. The summed E-state index contributed by atoms with van der Waals surface area (Å²) in [6, 6.07) is 9.65. The first kappa shape index (κ1) is 15.2. The Bertz CT molecular complexity index is 442. The van der Waals surface area contributed by atoms with Crippen LogP contribution in [0.2, 0.25) is 0 Å². The highest BCUT2D eigenvalue weighted by Gasteiger charge is 2.29. The normalized spacial score (nSPS) is 15.3. The molecule has 0 spiro atoms. The lowest BCUT2D eigenvalue weighted by molar-refractivity contribution is 0.509. The Morgan fingerprint density at radius 2 is 1.78 bits per heavy atom. The molecule has 1 N–H and O–H groups in total. The van der Waals surface area contributed by atoms with Crippen LogP contribution in [0, 0.1) is 0 Å². The molecule has 0 fully saturated rings. The highest BCUT2D eigenvalue weighted by Crippen LogP contribution is 2.22. The third-order valence-electron chi connectivity index (χ3n) is 3.11. The van der Waals surface area contributed by atoms with E-state index in [1.807, 2.05) is 44.2 Å². The third-order valence-corrected chi connectivity index (χ3v) is 5.49. The van der Waals surface area contributed by atoms with Gasteiger partial charge in [0.05, 0.1) is 11.0 Å². The van der Waals surface area contributed by atoms with Crippen molar-refractivity contribution in [3.8, 4) is 0 Å². The van der Waals surface area contributed by atoms with Crippen molar-refractivity contribution >= 4 is 9.84 Å². The smallest absolute Gasteiger partial charge is 0.154 e. The molecule has 3 nitrogen and oxygen atoms in total. The molecule has 1 aromatic carbocycles. The minimum Gasteiger partial charge on any atom is -0.309 e. The molecule has 0 amide bonds. The van der Waals surface area contributed by atoms with Gasteiger partial charge in [0, 0.05) is 6.04 Å². The van der Waals surface area contributed by atoms with Crippen LogP contribution in [0.1, 0.15) is 38.8 Å². The SMILES string of the molecule is CCCS(=O)(=O)C(C)C(NCC)c1ccccc1. The Balaban J connectivity index is 2.99. The Morgan fingerprint density at radius 3 is 2.28 bits per heavy atom. The first-order valence-corrected chi connectivity index (χ1v) is 8.24. The molecule has 102 valence electrons. The quantitative estimate of drug-likeness (QED) is 0.827. The second-order valence-electron chi connectivity index (χ2n) is 4.52. The summed E-state index contributed by atoms with van der Waals surface area (Å²) in [5.41, 5.74) is 1.03. The van der Waals surface area contributed by atoms with Crippen LogP contribution in [0.25, 0.3) is 0 Å². The molecule has 2 atom stereocenters. The summed E-state index contributed by atoms with van der Waals surface area (Å²) in [6.07, 6.45) is 0.667. The van der Waals surface area contributed by atoms with Crippen molar-refractivity contribution in [2.45, 2.75) is 38.5 Å². The minimum atomic E-state index is -3.04. The van der Waals surface area contributed by atoms with Gasteiger partial charge in [0.15, 0.2) is 9.84 Å². The molecule has 0 aliphatic heterocycles. The van der Waals surface area contributed by atoms with Crippen molar-refractivity contribution in [2.75, 3.05) is 12.3 Å². The van der Waals surface area contributed by atoms with Crippen LogP contribution in [0.4, 0.5) is 0 Å². The predicted octanol–water partition coefficient (Wildman–Crippen LogP) is 2.55. The molecule has 0 heterocycles. The van der Waals surface area contributed by atoms with E-state index in [-0.39, 0.29) is 11.8 Å². The summed E-state index contributed by atoms with van der Waals surface area (Å²) in [4.78, 5) is 0. The fourth-order valence-corrected chi connectivity index (χ4v) is 3.72. The van der Waals surface area contributed by atoms with E-state index in [0.717, 1.165) is 12.1 Å². The van der Waals surface area contributed by atoms with Gasteiger partial charge in [0.2, 0.25) is 0 Å². The summed E-state index contributed by atoms with van der Waals surface area (Å²) >= 11 is 0. The van der Waals surface area contributed by atoms with E-state index in [9.17, 15) is 8.42 Å². The van der Waals surface area contributed by atoms with Crippen molar-refractivity contribution in [1.29, 1.82) is 0 Å². The van der Waals surface area contributed by atoms with Gasteiger partial charge in [-0.1, -0.05) is 44.2 Å². The largest absolute Gasteiger partial charge is 0.309 e. The number of benzene rings is 1. The lowest BCUT2D eigenvalue weighted by Crippen LogP contribution is -2.36. The summed E-state index contributed by atoms with van der Waals surface area (Å²) < 4.78 is 24.4. The number of rotatable bonds is 7. The van der Waals surface area contributed by atoms with E-state index in [0.29, 0.717) is 6.42 Å². The Morgan fingerprint density at radius 1 is 1.17 bits per heavy atom. The summed E-state index contributed by atoms with van der Waals surface area (Å²) in [5.74, 6) is 0.253. The van der Waals surface area contributed by atoms with E-state index in [2.05, 4.69) is 5.32 Å². The van der Waals surface area contributed by atoms with Crippen molar-refractivity contribution in [1.82, 2.24) is 5.32 Å². The summed E-state index contributed by atoms with van der Waals surface area (Å²) in [6.45, 7) is 6.45. The maximum atomic E-state index is 12.2. The molecule has 1 aromatic rings. The number of hydrogen-bond acceptors (Lipinski definition) is 3. The number of nitrogens with one attached hydrogen (secondary N) is 1. The van der Waals surface area contributed by atoms with Crippen molar-refractivity contribution in [3.05, 3.63) is 35.9 Å². The lowest BCUT2D eigenvalue weighted by Gasteiger charge is -2.25. The molecule has 0 aliphatic carbocycles. The molecule has 18 heavy (non-hydrogen) atoms. The number of hydrogen-bond donors (Lipinski definition) is 1. The van der Waals surface area contributed by atoms with Crippen LogP contribution in [0.15, 0.2) is 30.3 Å². The van der Waals surface area contributed by atoms with Crippen LogP contribution < -0.4 is 5.32 Å². The van der Waals surface area contributed by atoms with E-state index in [4.69, 9.17) is 0 Å². The molecule has 0 aliphatic rings. The molecule has 2 unspecified atom stereocenters. The maximum absolute atomic E-state index is 12.2. The van der Waals surface area contributed by atoms with E-state index in [1.165, 1.54) is 0 Å². The summed E-state index contributed by atoms with van der Waals surface area (Å²) in [5, 5.41) is 2.88. The molecular formula is C14H23NO2S. The van der Waals surface area contributed by atoms with Gasteiger partial charge in [-0.25, -0.2) is 8.42 Å². The highest BCUT2D eigenvalue weighted by molar-refractivity contribution is 7.92. The molecule has 0 bridgehead atoms. The number of sulfone groups is 1. The predicted molar refractivity (Wildman–Crippen MR) is 76.4 cm³/mol. The van der Waals surface area contributed by atoms with Crippen LogP contribution in [-0.4, -0.2) is 26.0 Å². The van der Waals surface area contributed by atoms with Gasteiger partial charge in [0.25, 0.3) is 0 Å². The maximum Gasteiger partial charge on any atom is 0.154 e. The van der Waals surface area contributed by atoms with Crippen LogP contribution in [-0.2, 0) is 9.84 Å². The van der Waals surface area contributed by atoms with E-state index < -0.39 is 15.1 Å². The second-order valence-corrected chi connectivity index (χ2v) is 7.00. The van der Waals surface area contributed by atoms with Gasteiger partial charge in [-0.3, -0.25) is 0 Å². The average molecular weight is 269 g/mol. The zero-order chi connectivity index (χ0) is 13.6. The molecule has 0 radical (unpaired) electrons. The van der Waals surface area contributed by atoms with Gasteiger partial charge >= 0.3 is 0 Å². The first-order chi connectivity index (χ1) is 8.53. The minimum absolute atomic E-state index is 0.132. The van der Waals surface area contributed by atoms with Gasteiger partial charge in [-0.2, -0.15) is 0 Å². The Hall–Kier alpha value is -0.870. The average Bonchev–Trinajstić information content (AvgIpc) is 2.36. The van der Waals surface area contributed by atoms with Gasteiger partial charge in [-0.15, -0.1) is 0 Å². The Kier molecular flexibility index (Phi) is 5.82. The first-order valence-electron chi connectivity index (χ1n) is 6.52. The molecule has 0 saturated carbocycles. The van der Waals surface area contributed by atoms with Crippen LogP contribution >= 0.6 is 0 Å². The second kappa shape index (κ2) is 6.90. The van der Waals surface area contributed by atoms with Crippen LogP contribution in [0.5, 0.6) is 0 Å². The molecule has 0 saturated heterocycles. The molecular weight excluding hydrogens is 246 g/mol. The van der Waals surface area contributed by atoms with Crippen molar-refractivity contribution < 1.29 is 8.42 Å². The van der Waals surface area contributed by atoms with E-state index >= 15 is 0 Å². The van der Waals surface area contributed by atoms with Crippen molar-refractivity contribution in [3.63, 3.8) is 0 Å². The molecule has 0 aromatic heterocycles. The lowest BCUT2D eigenvalue weighted by atomic mass is 10.0. The van der Waals surface area contributed by atoms with E-state index in [1.54, 1.807) is 6.92 Å². The van der Waals surface area contributed by atoms with Gasteiger partial charge < -0.3 is 5.32 Å². The zero-order valence-corrected chi connectivity index (χ0v) is 12.2. The topological polar surface area (TPSA) is 46.2 Å². The van der Waals surface area contributed by atoms with Crippen molar-refractivity contribution in [2.24, 2.45) is 0 Å². The third kappa shape index (κ3) is 3.82. The monoisotopic (exact) mass is 269 g/mol. The van der Waals surface area contributed by atoms with Gasteiger partial charge in [0.1, 0.15) is 0 Å². The van der Waals surface area contributed by atoms with Crippen LogP contribution in [0.3, 0.4) is 0 Å². The molecule has 1 rings (SSSR count). The zero-order valence-electron chi connectivity index (χ0n) is 11.4.